The van der Waals surface area contributed by atoms with Crippen molar-refractivity contribution in [3.05, 3.63) is 23.8 Å². The fourth-order valence-corrected chi connectivity index (χ4v) is 3.59. The van der Waals surface area contributed by atoms with E-state index in [0.717, 1.165) is 12.5 Å². The van der Waals surface area contributed by atoms with Crippen LogP contribution in [0, 0.1) is 0 Å². The molecule has 0 saturated carbocycles. The van der Waals surface area contributed by atoms with Gasteiger partial charge in [0.25, 0.3) is 0 Å². The molecule has 0 aliphatic carbocycles. The highest BCUT2D eigenvalue weighted by Gasteiger charge is 2.26. The molecule has 2 N–H and O–H groups in total. The lowest BCUT2D eigenvalue weighted by atomic mass is 10.0. The van der Waals surface area contributed by atoms with Crippen LogP contribution in [0.15, 0.2) is 23.1 Å². The number of sulfonamides is 1. The average Bonchev–Trinajstić information content (AvgIpc) is 2.36. The molecule has 1 aromatic carbocycles. The Hall–Kier alpha value is -1.60. The Bertz CT molecular complexity index is 622. The number of carboxylic acids is 1. The molecule has 6 nitrogen and oxygen atoms in total. The van der Waals surface area contributed by atoms with Crippen LogP contribution in [-0.4, -0.2) is 32.1 Å². The molecule has 0 amide bonds. The van der Waals surface area contributed by atoms with Gasteiger partial charge in [-0.15, -0.1) is 0 Å². The normalized spacial score (nSPS) is 12.2. The van der Waals surface area contributed by atoms with Crippen molar-refractivity contribution in [3.8, 4) is 5.75 Å². The summed E-state index contributed by atoms with van der Waals surface area (Å²) >= 11 is 0. The second-order valence-electron chi connectivity index (χ2n) is 5.41. The molecule has 1 rings (SSSR count). The fraction of sp³-hybridized carbons (Fsp3) is 0.500. The summed E-state index contributed by atoms with van der Waals surface area (Å²) in [5.41, 5.74) is -0.787. The Morgan fingerprint density at radius 2 is 2.00 bits per heavy atom. The largest absolute Gasteiger partial charge is 0.496 e. The van der Waals surface area contributed by atoms with Gasteiger partial charge in [0.1, 0.15) is 11.3 Å². The zero-order chi connectivity index (χ0) is 16.3. The maximum absolute atomic E-state index is 12.4. The van der Waals surface area contributed by atoms with E-state index in [-0.39, 0.29) is 16.2 Å². The fourth-order valence-electron chi connectivity index (χ4n) is 2.12. The molecule has 0 aliphatic rings. The van der Waals surface area contributed by atoms with Crippen molar-refractivity contribution in [2.24, 2.45) is 0 Å². The third kappa shape index (κ3) is 4.44. The van der Waals surface area contributed by atoms with Gasteiger partial charge in [0.05, 0.1) is 12.0 Å². The highest BCUT2D eigenvalue weighted by atomic mass is 32.2. The van der Waals surface area contributed by atoms with Gasteiger partial charge in [0.15, 0.2) is 0 Å². The molecule has 0 bridgehead atoms. The molecule has 0 heterocycles. The van der Waals surface area contributed by atoms with E-state index < -0.39 is 21.5 Å². The van der Waals surface area contributed by atoms with E-state index >= 15 is 0 Å². The predicted molar refractivity (Wildman–Crippen MR) is 79.3 cm³/mol. The van der Waals surface area contributed by atoms with Gasteiger partial charge in [-0.25, -0.2) is 17.9 Å². The van der Waals surface area contributed by atoms with Crippen molar-refractivity contribution in [3.63, 3.8) is 0 Å². The summed E-state index contributed by atoms with van der Waals surface area (Å²) in [7, 11) is -2.46. The topological polar surface area (TPSA) is 92.7 Å². The standard InChI is InChI=1S/C14H21NO5S/c1-5-8-14(2,3)15-21(18,19)10-6-7-12(20-4)11(9-10)13(16)17/h6-7,9,15H,5,8H2,1-4H3,(H,16,17). The van der Waals surface area contributed by atoms with Gasteiger partial charge in [0.2, 0.25) is 10.0 Å². The van der Waals surface area contributed by atoms with Crippen LogP contribution in [0.4, 0.5) is 0 Å². The van der Waals surface area contributed by atoms with Crippen molar-refractivity contribution in [2.75, 3.05) is 7.11 Å². The van der Waals surface area contributed by atoms with Crippen LogP contribution in [0.25, 0.3) is 0 Å². The molecular formula is C14H21NO5S. The summed E-state index contributed by atoms with van der Waals surface area (Å²) in [6, 6.07) is 3.77. The van der Waals surface area contributed by atoms with E-state index in [9.17, 15) is 13.2 Å². The Morgan fingerprint density at radius 1 is 1.38 bits per heavy atom. The summed E-state index contributed by atoms with van der Waals surface area (Å²) in [4.78, 5) is 11.1. The number of hydrogen-bond acceptors (Lipinski definition) is 4. The molecule has 0 unspecified atom stereocenters. The number of hydrogen-bond donors (Lipinski definition) is 2. The zero-order valence-electron chi connectivity index (χ0n) is 12.6. The number of aromatic carboxylic acids is 1. The number of carboxylic acid groups (broad SMARTS) is 1. The van der Waals surface area contributed by atoms with Gasteiger partial charge >= 0.3 is 5.97 Å². The van der Waals surface area contributed by atoms with Crippen LogP contribution in [0.1, 0.15) is 44.0 Å². The minimum Gasteiger partial charge on any atom is -0.496 e. The van der Waals surface area contributed by atoms with Gasteiger partial charge in [-0.05, 0) is 38.5 Å². The van der Waals surface area contributed by atoms with E-state index in [0.29, 0.717) is 6.42 Å². The summed E-state index contributed by atoms with van der Waals surface area (Å²) in [6.45, 7) is 5.54. The molecule has 7 heteroatoms. The number of carbonyl (C=O) groups is 1. The maximum atomic E-state index is 12.4. The molecule has 0 aliphatic heterocycles. The van der Waals surface area contributed by atoms with Crippen LogP contribution in [-0.2, 0) is 10.0 Å². The van der Waals surface area contributed by atoms with Gasteiger partial charge in [0, 0.05) is 5.54 Å². The molecule has 118 valence electrons. The van der Waals surface area contributed by atoms with Crippen LogP contribution < -0.4 is 9.46 Å². The van der Waals surface area contributed by atoms with E-state index in [1.165, 1.54) is 19.2 Å². The number of methoxy groups -OCH3 is 1. The van der Waals surface area contributed by atoms with E-state index in [2.05, 4.69) is 4.72 Å². The van der Waals surface area contributed by atoms with Crippen LogP contribution >= 0.6 is 0 Å². The number of nitrogens with one attached hydrogen (secondary N) is 1. The van der Waals surface area contributed by atoms with Crippen molar-refractivity contribution < 1.29 is 23.1 Å². The van der Waals surface area contributed by atoms with Crippen LogP contribution in [0.2, 0.25) is 0 Å². The summed E-state index contributed by atoms with van der Waals surface area (Å²) in [5.74, 6) is -1.12. The van der Waals surface area contributed by atoms with Crippen molar-refractivity contribution in [1.29, 1.82) is 0 Å². The first-order valence-corrected chi connectivity index (χ1v) is 8.06. The Balaban J connectivity index is 3.21. The Morgan fingerprint density at radius 3 is 2.48 bits per heavy atom. The highest BCUT2D eigenvalue weighted by molar-refractivity contribution is 7.89. The predicted octanol–water partition coefficient (Wildman–Crippen LogP) is 2.25. The third-order valence-corrected chi connectivity index (χ3v) is 4.69. The summed E-state index contributed by atoms with van der Waals surface area (Å²) in [5, 5.41) is 9.11. The van der Waals surface area contributed by atoms with E-state index in [1.807, 2.05) is 6.92 Å². The quantitative estimate of drug-likeness (QED) is 0.805. The molecule has 0 aromatic heterocycles. The summed E-state index contributed by atoms with van der Waals surface area (Å²) < 4.78 is 32.2. The molecule has 1 aromatic rings. The molecule has 21 heavy (non-hydrogen) atoms. The Kier molecular flexibility index (Phi) is 5.36. The SMILES string of the molecule is CCCC(C)(C)NS(=O)(=O)c1ccc(OC)c(C(=O)O)c1. The molecular weight excluding hydrogens is 294 g/mol. The lowest BCUT2D eigenvalue weighted by Gasteiger charge is -2.25. The van der Waals surface area contributed by atoms with Crippen molar-refractivity contribution in [2.45, 2.75) is 44.0 Å². The minimum absolute atomic E-state index is 0.0927. The number of benzene rings is 1. The lowest BCUT2D eigenvalue weighted by Crippen LogP contribution is -2.43. The zero-order valence-corrected chi connectivity index (χ0v) is 13.5. The number of ether oxygens (including phenoxy) is 1. The maximum Gasteiger partial charge on any atom is 0.339 e. The third-order valence-electron chi connectivity index (χ3n) is 3.00. The Labute approximate surface area is 125 Å². The van der Waals surface area contributed by atoms with Gasteiger partial charge in [-0.1, -0.05) is 13.3 Å². The first-order valence-electron chi connectivity index (χ1n) is 6.58. The second kappa shape index (κ2) is 6.44. The first kappa shape index (κ1) is 17.5. The van der Waals surface area contributed by atoms with E-state index in [4.69, 9.17) is 9.84 Å². The summed E-state index contributed by atoms with van der Waals surface area (Å²) in [6.07, 6.45) is 1.51. The lowest BCUT2D eigenvalue weighted by molar-refractivity contribution is 0.0693. The molecule has 0 radical (unpaired) electrons. The highest BCUT2D eigenvalue weighted by Crippen LogP contribution is 2.24. The molecule has 0 saturated heterocycles. The number of rotatable bonds is 7. The van der Waals surface area contributed by atoms with Gasteiger partial charge in [-0.2, -0.15) is 0 Å². The van der Waals surface area contributed by atoms with Crippen molar-refractivity contribution >= 4 is 16.0 Å². The molecule has 0 atom stereocenters. The average molecular weight is 315 g/mol. The molecule has 0 fully saturated rings. The van der Waals surface area contributed by atoms with Gasteiger partial charge in [-0.3, -0.25) is 0 Å². The second-order valence-corrected chi connectivity index (χ2v) is 7.09. The van der Waals surface area contributed by atoms with Crippen LogP contribution in [0.5, 0.6) is 5.75 Å². The van der Waals surface area contributed by atoms with E-state index in [1.54, 1.807) is 13.8 Å². The van der Waals surface area contributed by atoms with Crippen LogP contribution in [0.3, 0.4) is 0 Å². The van der Waals surface area contributed by atoms with Crippen molar-refractivity contribution in [1.82, 2.24) is 4.72 Å². The first-order chi connectivity index (χ1) is 9.63. The molecule has 0 spiro atoms. The monoisotopic (exact) mass is 315 g/mol. The van der Waals surface area contributed by atoms with Gasteiger partial charge < -0.3 is 9.84 Å². The minimum atomic E-state index is -3.79. The smallest absolute Gasteiger partial charge is 0.339 e.